The summed E-state index contributed by atoms with van der Waals surface area (Å²) in [6.45, 7) is 4.12. The highest BCUT2D eigenvalue weighted by molar-refractivity contribution is 5.21. The van der Waals surface area contributed by atoms with Crippen LogP contribution in [0.5, 0.6) is 0 Å². The van der Waals surface area contributed by atoms with Gasteiger partial charge in [0.15, 0.2) is 0 Å². The fraction of sp³-hybridized carbons (Fsp3) is 0.286. The monoisotopic (exact) mass is 212 g/mol. The standard InChI is InChI=1S/C14H16N2/c1-3-13-5-4-6-14(16-13)9-12-8-7-11(2)15-10-12/h4-8,10H,3,9H2,1-2H3. The quantitative estimate of drug-likeness (QED) is 0.781. The predicted octanol–water partition coefficient (Wildman–Crippen LogP) is 2.94. The fourth-order valence-electron chi connectivity index (χ4n) is 1.64. The molecule has 0 fully saturated rings. The minimum Gasteiger partial charge on any atom is -0.261 e. The van der Waals surface area contributed by atoms with E-state index in [0.29, 0.717) is 0 Å². The van der Waals surface area contributed by atoms with Crippen LogP contribution in [-0.2, 0) is 12.8 Å². The number of hydrogen-bond donors (Lipinski definition) is 0. The number of nitrogens with zero attached hydrogens (tertiary/aromatic N) is 2. The molecule has 0 aromatic carbocycles. The highest BCUT2D eigenvalue weighted by Gasteiger charge is 1.99. The van der Waals surface area contributed by atoms with Crippen molar-refractivity contribution in [2.24, 2.45) is 0 Å². The Balaban J connectivity index is 2.16. The van der Waals surface area contributed by atoms with Gasteiger partial charge in [-0.2, -0.15) is 0 Å². The van der Waals surface area contributed by atoms with Crippen LogP contribution in [0.1, 0.15) is 29.6 Å². The molecule has 0 unspecified atom stereocenters. The van der Waals surface area contributed by atoms with Gasteiger partial charge in [-0.1, -0.05) is 19.1 Å². The molecule has 0 amide bonds. The third-order valence-corrected chi connectivity index (χ3v) is 2.58. The normalized spacial score (nSPS) is 10.4. The van der Waals surface area contributed by atoms with Crippen LogP contribution >= 0.6 is 0 Å². The fourth-order valence-corrected chi connectivity index (χ4v) is 1.64. The van der Waals surface area contributed by atoms with Crippen LogP contribution in [0.2, 0.25) is 0 Å². The summed E-state index contributed by atoms with van der Waals surface area (Å²) in [5.74, 6) is 0. The minimum absolute atomic E-state index is 0.862. The van der Waals surface area contributed by atoms with Gasteiger partial charge in [0.05, 0.1) is 0 Å². The van der Waals surface area contributed by atoms with Crippen molar-refractivity contribution in [3.05, 3.63) is 59.2 Å². The van der Waals surface area contributed by atoms with E-state index >= 15 is 0 Å². The average molecular weight is 212 g/mol. The Hall–Kier alpha value is -1.70. The SMILES string of the molecule is CCc1cccc(Cc2ccc(C)nc2)n1. The van der Waals surface area contributed by atoms with Crippen molar-refractivity contribution in [3.63, 3.8) is 0 Å². The van der Waals surface area contributed by atoms with Crippen LogP contribution in [0.3, 0.4) is 0 Å². The number of rotatable bonds is 3. The van der Waals surface area contributed by atoms with E-state index in [9.17, 15) is 0 Å². The molecule has 0 aliphatic carbocycles. The van der Waals surface area contributed by atoms with Gasteiger partial charge in [0.2, 0.25) is 0 Å². The van der Waals surface area contributed by atoms with E-state index in [1.807, 2.05) is 19.2 Å². The highest BCUT2D eigenvalue weighted by Crippen LogP contribution is 2.08. The van der Waals surface area contributed by atoms with E-state index in [1.54, 1.807) is 0 Å². The van der Waals surface area contributed by atoms with Gasteiger partial charge < -0.3 is 0 Å². The highest BCUT2D eigenvalue weighted by atomic mass is 14.7. The summed E-state index contributed by atoms with van der Waals surface area (Å²) in [5, 5.41) is 0. The lowest BCUT2D eigenvalue weighted by Crippen LogP contribution is -1.96. The summed E-state index contributed by atoms with van der Waals surface area (Å²) in [7, 11) is 0. The maximum absolute atomic E-state index is 4.58. The topological polar surface area (TPSA) is 25.8 Å². The Bertz CT molecular complexity index is 460. The van der Waals surface area contributed by atoms with Crippen LogP contribution in [-0.4, -0.2) is 9.97 Å². The Morgan fingerprint density at radius 3 is 2.56 bits per heavy atom. The molecule has 0 aliphatic heterocycles. The first-order valence-corrected chi connectivity index (χ1v) is 5.64. The summed E-state index contributed by atoms with van der Waals surface area (Å²) < 4.78 is 0. The van der Waals surface area contributed by atoms with Crippen molar-refractivity contribution in [1.82, 2.24) is 9.97 Å². The summed E-state index contributed by atoms with van der Waals surface area (Å²) >= 11 is 0. The second-order valence-corrected chi connectivity index (χ2v) is 3.96. The zero-order valence-electron chi connectivity index (χ0n) is 9.77. The number of hydrogen-bond acceptors (Lipinski definition) is 2. The lowest BCUT2D eigenvalue weighted by molar-refractivity contribution is 0.965. The number of pyridine rings is 2. The lowest BCUT2D eigenvalue weighted by atomic mass is 10.1. The number of aromatic nitrogens is 2. The Morgan fingerprint density at radius 1 is 1.06 bits per heavy atom. The molecule has 2 rings (SSSR count). The van der Waals surface area contributed by atoms with E-state index in [-0.39, 0.29) is 0 Å². The van der Waals surface area contributed by atoms with Crippen molar-refractivity contribution in [2.75, 3.05) is 0 Å². The molecule has 2 nitrogen and oxygen atoms in total. The molecule has 0 saturated carbocycles. The predicted molar refractivity (Wildman–Crippen MR) is 65.4 cm³/mol. The van der Waals surface area contributed by atoms with Gasteiger partial charge in [0.25, 0.3) is 0 Å². The van der Waals surface area contributed by atoms with Crippen molar-refractivity contribution >= 4 is 0 Å². The summed E-state index contributed by atoms with van der Waals surface area (Å²) in [6.07, 6.45) is 3.77. The molecule has 2 heteroatoms. The average Bonchev–Trinajstić information content (AvgIpc) is 2.32. The first-order valence-electron chi connectivity index (χ1n) is 5.64. The summed E-state index contributed by atoms with van der Waals surface area (Å²) in [6, 6.07) is 10.4. The zero-order chi connectivity index (χ0) is 11.4. The van der Waals surface area contributed by atoms with Gasteiger partial charge in [0.1, 0.15) is 0 Å². The molecule has 2 aromatic rings. The van der Waals surface area contributed by atoms with E-state index in [4.69, 9.17) is 0 Å². The van der Waals surface area contributed by atoms with Crippen molar-refractivity contribution in [3.8, 4) is 0 Å². The second-order valence-electron chi connectivity index (χ2n) is 3.96. The van der Waals surface area contributed by atoms with Gasteiger partial charge in [-0.15, -0.1) is 0 Å². The van der Waals surface area contributed by atoms with Crippen molar-refractivity contribution in [2.45, 2.75) is 26.7 Å². The maximum atomic E-state index is 4.58. The van der Waals surface area contributed by atoms with Crippen LogP contribution in [0, 0.1) is 6.92 Å². The first kappa shape index (κ1) is 10.8. The minimum atomic E-state index is 0.862. The molecule has 0 saturated heterocycles. The molecule has 16 heavy (non-hydrogen) atoms. The van der Waals surface area contributed by atoms with Gasteiger partial charge in [-0.05, 0) is 37.1 Å². The molecule has 2 aromatic heterocycles. The summed E-state index contributed by atoms with van der Waals surface area (Å²) in [5.41, 5.74) is 4.54. The van der Waals surface area contributed by atoms with Gasteiger partial charge in [-0.25, -0.2) is 0 Å². The van der Waals surface area contributed by atoms with E-state index in [0.717, 1.165) is 29.9 Å². The lowest BCUT2D eigenvalue weighted by Gasteiger charge is -2.03. The second kappa shape index (κ2) is 4.88. The molecule has 2 heterocycles. The molecule has 82 valence electrons. The van der Waals surface area contributed by atoms with Crippen LogP contribution in [0.4, 0.5) is 0 Å². The van der Waals surface area contributed by atoms with Gasteiger partial charge >= 0.3 is 0 Å². The molecule has 0 bridgehead atoms. The largest absolute Gasteiger partial charge is 0.261 e. The Morgan fingerprint density at radius 2 is 1.88 bits per heavy atom. The Kier molecular flexibility index (Phi) is 3.30. The molecular weight excluding hydrogens is 196 g/mol. The maximum Gasteiger partial charge on any atom is 0.0451 e. The smallest absolute Gasteiger partial charge is 0.0451 e. The molecule has 0 aliphatic rings. The zero-order valence-corrected chi connectivity index (χ0v) is 9.77. The first-order chi connectivity index (χ1) is 7.78. The molecule has 0 atom stereocenters. The van der Waals surface area contributed by atoms with Gasteiger partial charge in [0, 0.05) is 29.7 Å². The molecular formula is C14H16N2. The molecule has 0 N–H and O–H groups in total. The molecule has 0 radical (unpaired) electrons. The van der Waals surface area contributed by atoms with Crippen LogP contribution < -0.4 is 0 Å². The van der Waals surface area contributed by atoms with Crippen LogP contribution in [0.15, 0.2) is 36.5 Å². The summed E-state index contributed by atoms with van der Waals surface area (Å²) in [4.78, 5) is 8.87. The number of aryl methyl sites for hydroxylation is 2. The van der Waals surface area contributed by atoms with E-state index in [2.05, 4.69) is 41.2 Å². The van der Waals surface area contributed by atoms with Crippen molar-refractivity contribution in [1.29, 1.82) is 0 Å². The van der Waals surface area contributed by atoms with E-state index in [1.165, 1.54) is 5.56 Å². The Labute approximate surface area is 96.4 Å². The third-order valence-electron chi connectivity index (χ3n) is 2.58. The third kappa shape index (κ3) is 2.66. The van der Waals surface area contributed by atoms with Gasteiger partial charge in [-0.3, -0.25) is 9.97 Å². The van der Waals surface area contributed by atoms with E-state index < -0.39 is 0 Å². The molecule has 0 spiro atoms. The van der Waals surface area contributed by atoms with Crippen molar-refractivity contribution < 1.29 is 0 Å². The van der Waals surface area contributed by atoms with Crippen LogP contribution in [0.25, 0.3) is 0 Å².